The van der Waals surface area contributed by atoms with Gasteiger partial charge in [-0.05, 0) is 49.4 Å². The third-order valence-corrected chi connectivity index (χ3v) is 4.44. The number of rotatable bonds is 5. The molecule has 0 aromatic heterocycles. The molecule has 0 saturated heterocycles. The monoisotopic (exact) mass is 452 g/mol. The van der Waals surface area contributed by atoms with Crippen LogP contribution in [0.4, 0.5) is 0 Å². The van der Waals surface area contributed by atoms with E-state index in [9.17, 15) is 14.7 Å². The number of aryl methyl sites for hydroxylation is 1. The number of nitrogens with one attached hydrogen (secondary N) is 1. The zero-order valence-corrected chi connectivity index (χ0v) is 17.0. The maximum atomic E-state index is 12.4. The Kier molecular flexibility index (Phi) is 6.41. The van der Waals surface area contributed by atoms with Gasteiger partial charge >= 0.3 is 5.97 Å². The van der Waals surface area contributed by atoms with Crippen LogP contribution >= 0.6 is 15.9 Å². The topological polar surface area (TPSA) is 88.0 Å². The molecule has 0 aliphatic rings. The van der Waals surface area contributed by atoms with Crippen molar-refractivity contribution in [3.05, 3.63) is 93.5 Å². The number of aromatic hydroxyl groups is 1. The lowest BCUT2D eigenvalue weighted by Crippen LogP contribution is -2.17. The number of carbonyl (C=O) groups is 2. The van der Waals surface area contributed by atoms with E-state index in [0.29, 0.717) is 16.9 Å². The number of amides is 1. The molecule has 146 valence electrons. The van der Waals surface area contributed by atoms with Crippen LogP contribution in [-0.2, 0) is 0 Å². The first-order valence-electron chi connectivity index (χ1n) is 8.64. The quantitative estimate of drug-likeness (QED) is 0.259. The van der Waals surface area contributed by atoms with Gasteiger partial charge in [0.25, 0.3) is 5.91 Å². The second-order valence-corrected chi connectivity index (χ2v) is 7.07. The van der Waals surface area contributed by atoms with Gasteiger partial charge in [-0.2, -0.15) is 5.10 Å². The van der Waals surface area contributed by atoms with E-state index in [2.05, 4.69) is 26.5 Å². The molecule has 0 aliphatic heterocycles. The lowest BCUT2D eigenvalue weighted by Gasteiger charge is -2.08. The summed E-state index contributed by atoms with van der Waals surface area (Å²) in [5, 5.41) is 13.6. The van der Waals surface area contributed by atoms with E-state index in [1.807, 2.05) is 13.0 Å². The molecule has 0 fully saturated rings. The van der Waals surface area contributed by atoms with E-state index in [-0.39, 0.29) is 11.3 Å². The fourth-order valence-electron chi connectivity index (χ4n) is 2.53. The average Bonchev–Trinajstić information content (AvgIpc) is 2.70. The predicted octanol–water partition coefficient (Wildman–Crippen LogP) is 4.45. The fraction of sp³-hybridized carbons (Fsp3) is 0.0455. The van der Waals surface area contributed by atoms with Crippen molar-refractivity contribution < 1.29 is 19.4 Å². The second-order valence-electron chi connectivity index (χ2n) is 6.16. The number of carbonyl (C=O) groups excluding carboxylic acids is 2. The minimum Gasteiger partial charge on any atom is -0.507 e. The third kappa shape index (κ3) is 5.30. The normalized spacial score (nSPS) is 10.7. The first-order valence-corrected chi connectivity index (χ1v) is 9.43. The van der Waals surface area contributed by atoms with Crippen LogP contribution in [0.3, 0.4) is 0 Å². The Labute approximate surface area is 176 Å². The van der Waals surface area contributed by atoms with Gasteiger partial charge < -0.3 is 9.84 Å². The van der Waals surface area contributed by atoms with Gasteiger partial charge in [0.1, 0.15) is 11.5 Å². The second kappa shape index (κ2) is 9.16. The van der Waals surface area contributed by atoms with Gasteiger partial charge in [0, 0.05) is 10.0 Å². The number of hydrazone groups is 1. The van der Waals surface area contributed by atoms with Crippen molar-refractivity contribution in [1.29, 1.82) is 0 Å². The van der Waals surface area contributed by atoms with E-state index in [4.69, 9.17) is 4.74 Å². The number of hydrogen-bond donors (Lipinski definition) is 2. The number of benzene rings is 3. The highest BCUT2D eigenvalue weighted by molar-refractivity contribution is 9.10. The van der Waals surface area contributed by atoms with E-state index in [0.717, 1.165) is 10.0 Å². The van der Waals surface area contributed by atoms with Crippen LogP contribution in [-0.4, -0.2) is 23.2 Å². The number of hydrogen-bond acceptors (Lipinski definition) is 5. The van der Waals surface area contributed by atoms with E-state index >= 15 is 0 Å². The van der Waals surface area contributed by atoms with Crippen molar-refractivity contribution in [3.63, 3.8) is 0 Å². The molecule has 0 spiro atoms. The SMILES string of the molecule is Cc1cccc(C(=O)Oc2ccc(Br)cc2C=NNC(=O)c2ccccc2O)c1. The molecule has 29 heavy (non-hydrogen) atoms. The molecule has 0 radical (unpaired) electrons. The van der Waals surface area contributed by atoms with Crippen LogP contribution in [0.15, 0.2) is 76.3 Å². The summed E-state index contributed by atoms with van der Waals surface area (Å²) >= 11 is 3.36. The van der Waals surface area contributed by atoms with Crippen LogP contribution < -0.4 is 10.2 Å². The molecule has 0 bridgehead atoms. The highest BCUT2D eigenvalue weighted by Crippen LogP contribution is 2.23. The smallest absolute Gasteiger partial charge is 0.343 e. The fourth-order valence-corrected chi connectivity index (χ4v) is 2.91. The lowest BCUT2D eigenvalue weighted by molar-refractivity contribution is 0.0734. The van der Waals surface area contributed by atoms with Crippen LogP contribution in [0.25, 0.3) is 0 Å². The van der Waals surface area contributed by atoms with Crippen molar-refractivity contribution in [3.8, 4) is 11.5 Å². The summed E-state index contributed by atoms with van der Waals surface area (Å²) in [4.78, 5) is 24.6. The largest absolute Gasteiger partial charge is 0.507 e. The Hall–Kier alpha value is -3.45. The molecule has 0 aliphatic carbocycles. The molecule has 3 aromatic rings. The number of ether oxygens (including phenoxy) is 1. The zero-order chi connectivity index (χ0) is 20.8. The van der Waals surface area contributed by atoms with Crippen molar-refractivity contribution in [2.75, 3.05) is 0 Å². The molecule has 3 aromatic carbocycles. The molecular formula is C22H17BrN2O4. The summed E-state index contributed by atoms with van der Waals surface area (Å²) in [6, 6.07) is 18.3. The van der Waals surface area contributed by atoms with Gasteiger partial charge in [-0.25, -0.2) is 10.2 Å². The molecule has 7 heteroatoms. The lowest BCUT2D eigenvalue weighted by atomic mass is 10.1. The Balaban J connectivity index is 1.76. The highest BCUT2D eigenvalue weighted by atomic mass is 79.9. The van der Waals surface area contributed by atoms with Gasteiger partial charge in [-0.1, -0.05) is 45.8 Å². The zero-order valence-electron chi connectivity index (χ0n) is 15.4. The van der Waals surface area contributed by atoms with Gasteiger partial charge in [0.05, 0.1) is 17.3 Å². The summed E-state index contributed by atoms with van der Waals surface area (Å²) in [6.45, 7) is 1.89. The van der Waals surface area contributed by atoms with E-state index in [1.165, 1.54) is 18.3 Å². The van der Waals surface area contributed by atoms with E-state index < -0.39 is 11.9 Å². The van der Waals surface area contributed by atoms with Gasteiger partial charge in [-0.3, -0.25) is 4.79 Å². The third-order valence-electron chi connectivity index (χ3n) is 3.95. The van der Waals surface area contributed by atoms with Crippen LogP contribution in [0.1, 0.15) is 31.8 Å². The highest BCUT2D eigenvalue weighted by Gasteiger charge is 2.12. The van der Waals surface area contributed by atoms with Crippen molar-refractivity contribution in [1.82, 2.24) is 5.43 Å². The number of esters is 1. The van der Waals surface area contributed by atoms with E-state index in [1.54, 1.807) is 48.5 Å². The molecule has 6 nitrogen and oxygen atoms in total. The Bertz CT molecular complexity index is 1100. The summed E-state index contributed by atoms with van der Waals surface area (Å²) in [6.07, 6.45) is 1.36. The Morgan fingerprint density at radius 2 is 1.86 bits per heavy atom. The van der Waals surface area contributed by atoms with Crippen molar-refractivity contribution in [2.45, 2.75) is 6.92 Å². The predicted molar refractivity (Wildman–Crippen MR) is 113 cm³/mol. The molecular weight excluding hydrogens is 436 g/mol. The maximum Gasteiger partial charge on any atom is 0.343 e. The average molecular weight is 453 g/mol. The number of halogens is 1. The van der Waals surface area contributed by atoms with Crippen LogP contribution in [0.5, 0.6) is 11.5 Å². The minimum atomic E-state index is -0.562. The molecule has 1 amide bonds. The van der Waals surface area contributed by atoms with Gasteiger partial charge in [0.2, 0.25) is 0 Å². The Morgan fingerprint density at radius 1 is 1.07 bits per heavy atom. The summed E-state index contributed by atoms with van der Waals surface area (Å²) in [7, 11) is 0. The molecule has 0 atom stereocenters. The number of nitrogens with zero attached hydrogens (tertiary/aromatic N) is 1. The Morgan fingerprint density at radius 3 is 2.62 bits per heavy atom. The standard InChI is InChI=1S/C22H17BrN2O4/c1-14-5-4-6-15(11-14)22(28)29-20-10-9-17(23)12-16(20)13-24-25-21(27)18-7-2-3-8-19(18)26/h2-13,26H,1H3,(H,25,27). The first-order chi connectivity index (χ1) is 13.9. The van der Waals surface area contributed by atoms with Crippen molar-refractivity contribution >= 4 is 34.0 Å². The number of phenols is 1. The van der Waals surface area contributed by atoms with Crippen LogP contribution in [0, 0.1) is 6.92 Å². The first kappa shape index (κ1) is 20.3. The number of phenolic OH excluding ortho intramolecular Hbond substituents is 1. The minimum absolute atomic E-state index is 0.102. The summed E-state index contributed by atoms with van der Waals surface area (Å²) in [5.74, 6) is -0.910. The van der Waals surface area contributed by atoms with Gasteiger partial charge in [0.15, 0.2) is 0 Å². The van der Waals surface area contributed by atoms with Crippen LogP contribution in [0.2, 0.25) is 0 Å². The molecule has 2 N–H and O–H groups in total. The summed E-state index contributed by atoms with van der Waals surface area (Å²) < 4.78 is 6.25. The summed E-state index contributed by atoms with van der Waals surface area (Å²) in [5.41, 5.74) is 4.31. The molecule has 0 saturated carbocycles. The number of para-hydroxylation sites is 1. The van der Waals surface area contributed by atoms with Crippen molar-refractivity contribution in [2.24, 2.45) is 5.10 Å². The maximum absolute atomic E-state index is 12.4. The molecule has 3 rings (SSSR count). The molecule has 0 heterocycles. The van der Waals surface area contributed by atoms with Gasteiger partial charge in [-0.15, -0.1) is 0 Å². The molecule has 0 unspecified atom stereocenters.